The predicted octanol–water partition coefficient (Wildman–Crippen LogP) is 2.70. The maximum Gasteiger partial charge on any atom is 0.319 e. The van der Waals surface area contributed by atoms with Gasteiger partial charge in [-0.15, -0.1) is 0 Å². The number of hydrogen-bond acceptors (Lipinski definition) is 2. The van der Waals surface area contributed by atoms with Crippen LogP contribution in [0.25, 0.3) is 0 Å². The van der Waals surface area contributed by atoms with Crippen LogP contribution in [0.4, 0.5) is 10.5 Å². The first-order chi connectivity index (χ1) is 10.1. The molecule has 1 saturated heterocycles. The number of hydrogen-bond donors (Lipinski definition) is 2. The lowest BCUT2D eigenvalue weighted by Gasteiger charge is -2.16. The quantitative estimate of drug-likeness (QED) is 0.895. The van der Waals surface area contributed by atoms with Crippen molar-refractivity contribution in [3.05, 3.63) is 29.8 Å². The molecule has 3 amide bonds. The predicted molar refractivity (Wildman–Crippen MR) is 83.4 cm³/mol. The van der Waals surface area contributed by atoms with Crippen LogP contribution in [0.1, 0.15) is 37.0 Å². The lowest BCUT2D eigenvalue weighted by Crippen LogP contribution is -2.32. The molecular weight excluding hydrogens is 266 g/mol. The van der Waals surface area contributed by atoms with Gasteiger partial charge in [0, 0.05) is 30.9 Å². The minimum Gasteiger partial charge on any atom is -0.339 e. The van der Waals surface area contributed by atoms with E-state index in [2.05, 4.69) is 10.6 Å². The summed E-state index contributed by atoms with van der Waals surface area (Å²) in [6.45, 7) is 6.35. The number of carbonyl (C=O) groups excluding carboxylic acids is 2. The minimum atomic E-state index is -0.241. The average Bonchev–Trinajstić information content (AvgIpc) is 2.99. The van der Waals surface area contributed by atoms with Gasteiger partial charge in [-0.2, -0.15) is 0 Å². The van der Waals surface area contributed by atoms with Crippen LogP contribution in [-0.2, 0) is 0 Å². The molecule has 0 aliphatic carbocycles. The Bertz CT molecular complexity index is 508. The van der Waals surface area contributed by atoms with E-state index in [0.717, 1.165) is 25.9 Å². The monoisotopic (exact) mass is 289 g/mol. The van der Waals surface area contributed by atoms with Crippen molar-refractivity contribution in [2.24, 2.45) is 5.92 Å². The summed E-state index contributed by atoms with van der Waals surface area (Å²) in [6, 6.07) is 6.86. The first-order valence-corrected chi connectivity index (χ1v) is 7.50. The second-order valence-corrected chi connectivity index (χ2v) is 5.81. The molecule has 5 heteroatoms. The summed E-state index contributed by atoms with van der Waals surface area (Å²) in [5.41, 5.74) is 1.26. The molecule has 0 spiro atoms. The third-order valence-electron chi connectivity index (χ3n) is 3.43. The highest BCUT2D eigenvalue weighted by atomic mass is 16.2. The Hall–Kier alpha value is -2.04. The van der Waals surface area contributed by atoms with E-state index >= 15 is 0 Å². The van der Waals surface area contributed by atoms with Crippen molar-refractivity contribution < 1.29 is 9.59 Å². The molecular formula is C16H23N3O2. The van der Waals surface area contributed by atoms with Crippen molar-refractivity contribution in [1.82, 2.24) is 10.2 Å². The fourth-order valence-electron chi connectivity index (χ4n) is 2.30. The normalized spacial score (nSPS) is 14.3. The number of amides is 3. The van der Waals surface area contributed by atoms with Crippen molar-refractivity contribution in [2.45, 2.75) is 26.7 Å². The number of nitrogens with zero attached hydrogens (tertiary/aromatic N) is 1. The Kier molecular flexibility index (Phi) is 5.20. The Morgan fingerprint density at radius 2 is 1.95 bits per heavy atom. The summed E-state index contributed by atoms with van der Waals surface area (Å²) in [6.07, 6.45) is 2.14. The fourth-order valence-corrected chi connectivity index (χ4v) is 2.30. The zero-order valence-corrected chi connectivity index (χ0v) is 12.7. The van der Waals surface area contributed by atoms with Gasteiger partial charge in [0.05, 0.1) is 0 Å². The molecule has 0 atom stereocenters. The average molecular weight is 289 g/mol. The van der Waals surface area contributed by atoms with E-state index < -0.39 is 0 Å². The first kappa shape index (κ1) is 15.4. The molecule has 21 heavy (non-hydrogen) atoms. The van der Waals surface area contributed by atoms with Gasteiger partial charge in [0.2, 0.25) is 0 Å². The third-order valence-corrected chi connectivity index (χ3v) is 3.43. The van der Waals surface area contributed by atoms with Crippen LogP contribution in [-0.4, -0.2) is 36.5 Å². The van der Waals surface area contributed by atoms with E-state index in [1.807, 2.05) is 18.7 Å². The van der Waals surface area contributed by atoms with Crippen LogP contribution >= 0.6 is 0 Å². The van der Waals surface area contributed by atoms with E-state index in [-0.39, 0.29) is 11.9 Å². The zero-order chi connectivity index (χ0) is 15.2. The van der Waals surface area contributed by atoms with Crippen LogP contribution in [0, 0.1) is 5.92 Å². The lowest BCUT2D eigenvalue weighted by molar-refractivity contribution is 0.0793. The number of benzene rings is 1. The summed E-state index contributed by atoms with van der Waals surface area (Å²) < 4.78 is 0. The van der Waals surface area contributed by atoms with Gasteiger partial charge in [-0.3, -0.25) is 4.79 Å². The molecule has 114 valence electrons. The largest absolute Gasteiger partial charge is 0.339 e. The van der Waals surface area contributed by atoms with E-state index in [9.17, 15) is 9.59 Å². The van der Waals surface area contributed by atoms with E-state index in [1.165, 1.54) is 0 Å². The van der Waals surface area contributed by atoms with Crippen LogP contribution in [0.15, 0.2) is 24.3 Å². The molecule has 1 heterocycles. The molecule has 1 aromatic carbocycles. The number of urea groups is 1. The number of rotatable bonds is 4. The molecule has 2 N–H and O–H groups in total. The summed E-state index contributed by atoms with van der Waals surface area (Å²) in [5, 5.41) is 5.55. The van der Waals surface area contributed by atoms with Gasteiger partial charge in [0.25, 0.3) is 5.91 Å². The smallest absolute Gasteiger partial charge is 0.319 e. The number of nitrogens with one attached hydrogen (secondary N) is 2. The minimum absolute atomic E-state index is 0.0405. The summed E-state index contributed by atoms with van der Waals surface area (Å²) in [5.74, 6) is 0.442. The van der Waals surface area contributed by atoms with Gasteiger partial charge < -0.3 is 15.5 Å². The van der Waals surface area contributed by atoms with Crippen LogP contribution in [0.5, 0.6) is 0 Å². The second kappa shape index (κ2) is 7.11. The molecule has 1 aromatic rings. The maximum atomic E-state index is 12.3. The molecule has 0 bridgehead atoms. The van der Waals surface area contributed by atoms with Gasteiger partial charge in [-0.05, 0) is 37.0 Å². The topological polar surface area (TPSA) is 61.4 Å². The van der Waals surface area contributed by atoms with Gasteiger partial charge in [0.15, 0.2) is 0 Å². The van der Waals surface area contributed by atoms with Crippen LogP contribution in [0.3, 0.4) is 0 Å². The Morgan fingerprint density at radius 3 is 2.62 bits per heavy atom. The van der Waals surface area contributed by atoms with Crippen molar-refractivity contribution in [2.75, 3.05) is 25.0 Å². The first-order valence-electron chi connectivity index (χ1n) is 7.50. The number of anilines is 1. The van der Waals surface area contributed by atoms with Crippen molar-refractivity contribution in [3.8, 4) is 0 Å². The Balaban J connectivity index is 1.97. The van der Waals surface area contributed by atoms with Crippen molar-refractivity contribution in [3.63, 3.8) is 0 Å². The molecule has 0 radical (unpaired) electrons. The van der Waals surface area contributed by atoms with E-state index in [0.29, 0.717) is 23.7 Å². The van der Waals surface area contributed by atoms with Crippen LogP contribution in [0.2, 0.25) is 0 Å². The SMILES string of the molecule is CC(C)CNC(=O)Nc1cccc(C(=O)N2CCCC2)c1. The van der Waals surface area contributed by atoms with Crippen molar-refractivity contribution >= 4 is 17.6 Å². The lowest BCUT2D eigenvalue weighted by atomic mass is 10.2. The zero-order valence-electron chi connectivity index (χ0n) is 12.7. The van der Waals surface area contributed by atoms with Gasteiger partial charge in [-0.1, -0.05) is 19.9 Å². The molecule has 0 unspecified atom stereocenters. The van der Waals surface area contributed by atoms with Gasteiger partial charge in [-0.25, -0.2) is 4.79 Å². The fraction of sp³-hybridized carbons (Fsp3) is 0.500. The second-order valence-electron chi connectivity index (χ2n) is 5.81. The highest BCUT2D eigenvalue weighted by Gasteiger charge is 2.19. The molecule has 0 saturated carbocycles. The number of likely N-dealkylation sites (tertiary alicyclic amines) is 1. The highest BCUT2D eigenvalue weighted by molar-refractivity contribution is 5.97. The molecule has 1 aliphatic rings. The molecule has 2 rings (SSSR count). The summed E-state index contributed by atoms with van der Waals surface area (Å²) in [7, 11) is 0. The van der Waals surface area contributed by atoms with E-state index in [1.54, 1.807) is 24.3 Å². The third kappa shape index (κ3) is 4.48. The Morgan fingerprint density at radius 1 is 1.24 bits per heavy atom. The van der Waals surface area contributed by atoms with E-state index in [4.69, 9.17) is 0 Å². The number of carbonyl (C=O) groups is 2. The van der Waals surface area contributed by atoms with Crippen LogP contribution < -0.4 is 10.6 Å². The van der Waals surface area contributed by atoms with Gasteiger partial charge in [0.1, 0.15) is 0 Å². The molecule has 1 aliphatic heterocycles. The van der Waals surface area contributed by atoms with Crippen molar-refractivity contribution in [1.29, 1.82) is 0 Å². The highest BCUT2D eigenvalue weighted by Crippen LogP contribution is 2.16. The molecule has 5 nitrogen and oxygen atoms in total. The Labute approximate surface area is 125 Å². The molecule has 0 aromatic heterocycles. The maximum absolute atomic E-state index is 12.3. The molecule has 1 fully saturated rings. The summed E-state index contributed by atoms with van der Waals surface area (Å²) >= 11 is 0. The standard InChI is InChI=1S/C16H23N3O2/c1-12(2)11-17-16(21)18-14-7-5-6-13(10-14)15(20)19-8-3-4-9-19/h5-7,10,12H,3-4,8-9,11H2,1-2H3,(H2,17,18,21). The summed E-state index contributed by atoms with van der Waals surface area (Å²) in [4.78, 5) is 25.9. The van der Waals surface area contributed by atoms with Gasteiger partial charge >= 0.3 is 6.03 Å².